The number of aryl methyl sites for hydroxylation is 1. The van der Waals surface area contributed by atoms with Crippen LogP contribution in [0.5, 0.6) is 5.75 Å². The first-order valence-corrected chi connectivity index (χ1v) is 7.84. The topological polar surface area (TPSA) is 76.3 Å². The van der Waals surface area contributed by atoms with Gasteiger partial charge >= 0.3 is 0 Å². The normalized spacial score (nSPS) is 21.3. The molecule has 1 N–H and O–H groups in total. The van der Waals surface area contributed by atoms with E-state index in [1.165, 1.54) is 0 Å². The molecule has 2 unspecified atom stereocenters. The molecule has 0 spiro atoms. The van der Waals surface area contributed by atoms with Crippen LogP contribution in [0.1, 0.15) is 31.2 Å². The standard InChI is InChI=1S/C16H23N5O2/c1-16(22,12-6-8-13(23-3)9-7-12)14-5-4-10-21(14)11-15-17-18-19-20(15)2/h6-9,14,22H,4-5,10-11H2,1-3H3. The van der Waals surface area contributed by atoms with Crippen molar-refractivity contribution in [2.24, 2.45) is 7.05 Å². The summed E-state index contributed by atoms with van der Waals surface area (Å²) in [5.41, 5.74) is -0.0410. The summed E-state index contributed by atoms with van der Waals surface area (Å²) in [6.07, 6.45) is 2.01. The van der Waals surface area contributed by atoms with Crippen molar-refractivity contribution in [1.82, 2.24) is 25.1 Å². The average molecular weight is 317 g/mol. The third kappa shape index (κ3) is 3.07. The maximum absolute atomic E-state index is 11.2. The van der Waals surface area contributed by atoms with Crippen LogP contribution in [0.25, 0.3) is 0 Å². The first-order chi connectivity index (χ1) is 11.0. The molecule has 2 atom stereocenters. The van der Waals surface area contributed by atoms with Gasteiger partial charge in [0.1, 0.15) is 11.4 Å². The Balaban J connectivity index is 1.80. The molecule has 1 aromatic heterocycles. The lowest BCUT2D eigenvalue weighted by molar-refractivity contribution is -0.0264. The number of hydrogen-bond acceptors (Lipinski definition) is 6. The Morgan fingerprint density at radius 1 is 1.35 bits per heavy atom. The summed E-state index contributed by atoms with van der Waals surface area (Å²) in [7, 11) is 3.48. The van der Waals surface area contributed by atoms with Gasteiger partial charge in [-0.3, -0.25) is 4.90 Å². The Hall–Kier alpha value is -1.99. The zero-order valence-electron chi connectivity index (χ0n) is 13.8. The van der Waals surface area contributed by atoms with E-state index in [1.54, 1.807) is 11.8 Å². The summed E-state index contributed by atoms with van der Waals surface area (Å²) in [5, 5.41) is 22.8. The number of aromatic nitrogens is 4. The summed E-state index contributed by atoms with van der Waals surface area (Å²) in [4.78, 5) is 2.26. The number of ether oxygens (including phenoxy) is 1. The molecule has 7 heteroatoms. The average Bonchev–Trinajstić information content (AvgIpc) is 3.18. The third-order valence-corrected chi connectivity index (χ3v) is 4.74. The van der Waals surface area contributed by atoms with E-state index in [0.29, 0.717) is 6.54 Å². The number of hydrogen-bond donors (Lipinski definition) is 1. The molecule has 0 bridgehead atoms. The fraction of sp³-hybridized carbons (Fsp3) is 0.562. The van der Waals surface area contributed by atoms with Crippen LogP contribution in [0.15, 0.2) is 24.3 Å². The molecule has 1 aromatic carbocycles. The fourth-order valence-corrected chi connectivity index (χ4v) is 3.34. The second kappa shape index (κ2) is 6.25. The van der Waals surface area contributed by atoms with Crippen molar-refractivity contribution >= 4 is 0 Å². The Bertz CT molecular complexity index is 653. The van der Waals surface area contributed by atoms with E-state index in [2.05, 4.69) is 20.4 Å². The number of benzene rings is 1. The summed E-state index contributed by atoms with van der Waals surface area (Å²) in [6, 6.07) is 7.66. The van der Waals surface area contributed by atoms with Gasteiger partial charge in [-0.15, -0.1) is 5.10 Å². The second-order valence-corrected chi connectivity index (χ2v) is 6.22. The highest BCUT2D eigenvalue weighted by Crippen LogP contribution is 2.35. The van der Waals surface area contributed by atoms with Crippen molar-refractivity contribution in [1.29, 1.82) is 0 Å². The van der Waals surface area contributed by atoms with E-state index in [4.69, 9.17) is 4.74 Å². The van der Waals surface area contributed by atoms with Gasteiger partial charge in [-0.25, -0.2) is 4.68 Å². The van der Waals surface area contributed by atoms with Crippen molar-refractivity contribution in [3.05, 3.63) is 35.7 Å². The first kappa shape index (κ1) is 15.9. The molecule has 1 aliphatic rings. The largest absolute Gasteiger partial charge is 0.497 e. The van der Waals surface area contributed by atoms with Crippen LogP contribution >= 0.6 is 0 Å². The summed E-state index contributed by atoms with van der Waals surface area (Å²) in [6.45, 7) is 3.46. The lowest BCUT2D eigenvalue weighted by atomic mass is 9.86. The summed E-state index contributed by atoms with van der Waals surface area (Å²) < 4.78 is 6.87. The van der Waals surface area contributed by atoms with E-state index in [1.807, 2.05) is 38.2 Å². The van der Waals surface area contributed by atoms with Gasteiger partial charge in [0.05, 0.1) is 13.7 Å². The van der Waals surface area contributed by atoms with E-state index in [0.717, 1.165) is 36.5 Å². The Kier molecular flexibility index (Phi) is 4.32. The zero-order valence-corrected chi connectivity index (χ0v) is 13.8. The van der Waals surface area contributed by atoms with E-state index < -0.39 is 5.60 Å². The maximum Gasteiger partial charge on any atom is 0.164 e. The molecular weight excluding hydrogens is 294 g/mol. The van der Waals surface area contributed by atoms with Crippen LogP contribution in [0, 0.1) is 0 Å². The minimum Gasteiger partial charge on any atom is -0.497 e. The van der Waals surface area contributed by atoms with Gasteiger partial charge in [0.2, 0.25) is 0 Å². The SMILES string of the molecule is COc1ccc(C(C)(O)C2CCCN2Cc2nnnn2C)cc1. The Morgan fingerprint density at radius 2 is 2.09 bits per heavy atom. The molecule has 1 aliphatic heterocycles. The van der Waals surface area contributed by atoms with E-state index in [-0.39, 0.29) is 6.04 Å². The highest BCUT2D eigenvalue weighted by molar-refractivity contribution is 5.31. The number of nitrogens with zero attached hydrogens (tertiary/aromatic N) is 5. The molecule has 1 saturated heterocycles. The predicted molar refractivity (Wildman–Crippen MR) is 84.8 cm³/mol. The quantitative estimate of drug-likeness (QED) is 0.889. The van der Waals surface area contributed by atoms with Crippen LogP contribution in [0.2, 0.25) is 0 Å². The van der Waals surface area contributed by atoms with Crippen LogP contribution in [0.4, 0.5) is 0 Å². The third-order valence-electron chi connectivity index (χ3n) is 4.74. The molecule has 124 valence electrons. The molecule has 0 saturated carbocycles. The molecule has 7 nitrogen and oxygen atoms in total. The van der Waals surface area contributed by atoms with Crippen molar-refractivity contribution in [2.75, 3.05) is 13.7 Å². The summed E-state index contributed by atoms with van der Waals surface area (Å²) >= 11 is 0. The van der Waals surface area contributed by atoms with Crippen LogP contribution in [-0.2, 0) is 19.2 Å². The minimum absolute atomic E-state index is 0.0348. The number of rotatable bonds is 5. The zero-order chi connectivity index (χ0) is 16.4. The molecule has 3 rings (SSSR count). The second-order valence-electron chi connectivity index (χ2n) is 6.22. The molecule has 2 heterocycles. The van der Waals surface area contributed by atoms with Crippen LogP contribution in [0.3, 0.4) is 0 Å². The summed E-state index contributed by atoms with van der Waals surface area (Å²) in [5.74, 6) is 1.60. The van der Waals surface area contributed by atoms with Crippen LogP contribution < -0.4 is 4.74 Å². The fourth-order valence-electron chi connectivity index (χ4n) is 3.34. The number of tetrazole rings is 1. The van der Waals surface area contributed by atoms with Gasteiger partial charge in [-0.2, -0.15) is 0 Å². The van der Waals surface area contributed by atoms with Crippen molar-refractivity contribution in [3.8, 4) is 5.75 Å². The van der Waals surface area contributed by atoms with Gasteiger partial charge in [0.25, 0.3) is 0 Å². The Morgan fingerprint density at radius 3 is 2.70 bits per heavy atom. The molecule has 0 amide bonds. The van der Waals surface area contributed by atoms with Gasteiger partial charge in [-0.05, 0) is 54.4 Å². The van der Waals surface area contributed by atoms with Gasteiger partial charge < -0.3 is 9.84 Å². The minimum atomic E-state index is -0.936. The highest BCUT2D eigenvalue weighted by atomic mass is 16.5. The van der Waals surface area contributed by atoms with Crippen LogP contribution in [-0.4, -0.2) is 49.9 Å². The van der Waals surface area contributed by atoms with E-state index in [9.17, 15) is 5.11 Å². The molecular formula is C16H23N5O2. The molecule has 1 fully saturated rings. The monoisotopic (exact) mass is 317 g/mol. The Labute approximate surface area is 135 Å². The number of aliphatic hydroxyl groups is 1. The number of likely N-dealkylation sites (tertiary alicyclic amines) is 1. The van der Waals surface area contributed by atoms with Gasteiger partial charge in [-0.1, -0.05) is 12.1 Å². The van der Waals surface area contributed by atoms with Crippen molar-refractivity contribution in [3.63, 3.8) is 0 Å². The van der Waals surface area contributed by atoms with Crippen molar-refractivity contribution < 1.29 is 9.84 Å². The smallest absolute Gasteiger partial charge is 0.164 e. The van der Waals surface area contributed by atoms with Gasteiger partial charge in [0, 0.05) is 13.1 Å². The molecule has 2 aromatic rings. The lowest BCUT2D eigenvalue weighted by Crippen LogP contribution is -2.45. The molecule has 0 aliphatic carbocycles. The molecule has 23 heavy (non-hydrogen) atoms. The van der Waals surface area contributed by atoms with Crippen molar-refractivity contribution in [2.45, 2.75) is 38.0 Å². The molecule has 0 radical (unpaired) electrons. The van der Waals surface area contributed by atoms with Gasteiger partial charge in [0.15, 0.2) is 5.82 Å². The lowest BCUT2D eigenvalue weighted by Gasteiger charge is -2.36. The number of methoxy groups -OCH3 is 1. The maximum atomic E-state index is 11.2. The van der Waals surface area contributed by atoms with E-state index >= 15 is 0 Å². The predicted octanol–water partition coefficient (Wildman–Crippen LogP) is 1.09. The first-order valence-electron chi connectivity index (χ1n) is 7.84. The highest BCUT2D eigenvalue weighted by Gasteiger charge is 2.40.